The van der Waals surface area contributed by atoms with Crippen LogP contribution in [0, 0.1) is 13.8 Å². The molecule has 0 radical (unpaired) electrons. The molecule has 1 aliphatic heterocycles. The normalized spacial score (nSPS) is 13.6. The van der Waals surface area contributed by atoms with Crippen LogP contribution >= 0.6 is 0 Å². The van der Waals surface area contributed by atoms with Crippen molar-refractivity contribution in [3.63, 3.8) is 0 Å². The molecule has 32 heavy (non-hydrogen) atoms. The molecule has 0 fully saturated rings. The van der Waals surface area contributed by atoms with Crippen molar-refractivity contribution in [3.05, 3.63) is 89.1 Å². The Morgan fingerprint density at radius 1 is 0.750 bits per heavy atom. The third kappa shape index (κ3) is 3.50. The Kier molecular flexibility index (Phi) is 5.69. The summed E-state index contributed by atoms with van der Waals surface area (Å²) in [5.74, 6) is 0.219. The van der Waals surface area contributed by atoms with Crippen LogP contribution in [0.15, 0.2) is 72.4 Å². The molecule has 0 bridgehead atoms. The van der Waals surface area contributed by atoms with Crippen molar-refractivity contribution in [1.82, 2.24) is 0 Å². The average Bonchev–Trinajstić information content (AvgIpc) is 3.05. The molecule has 1 N–H and O–H groups in total. The fourth-order valence-corrected chi connectivity index (χ4v) is 3.83. The first kappa shape index (κ1) is 21.2. The molecule has 0 saturated carbocycles. The molecule has 6 nitrogen and oxygen atoms in total. The SMILES string of the molecule is COc1ccccc1NC1=C(c2ccccc2OC)C(=O)N(c2cccc(C)c2C)C1=O. The van der Waals surface area contributed by atoms with Crippen LogP contribution in [0.2, 0.25) is 0 Å². The summed E-state index contributed by atoms with van der Waals surface area (Å²) < 4.78 is 10.9. The van der Waals surface area contributed by atoms with Gasteiger partial charge < -0.3 is 14.8 Å². The number of benzene rings is 3. The summed E-state index contributed by atoms with van der Waals surface area (Å²) in [6.07, 6.45) is 0. The minimum absolute atomic E-state index is 0.171. The Labute approximate surface area is 187 Å². The van der Waals surface area contributed by atoms with Gasteiger partial charge >= 0.3 is 0 Å². The number of imide groups is 1. The molecule has 0 aromatic heterocycles. The summed E-state index contributed by atoms with van der Waals surface area (Å²) in [6.45, 7) is 3.85. The molecule has 0 atom stereocenters. The van der Waals surface area contributed by atoms with E-state index in [0.29, 0.717) is 28.4 Å². The highest BCUT2D eigenvalue weighted by molar-refractivity contribution is 6.46. The van der Waals surface area contributed by atoms with E-state index in [-0.39, 0.29) is 11.3 Å². The number of rotatable bonds is 6. The van der Waals surface area contributed by atoms with Gasteiger partial charge in [-0.2, -0.15) is 0 Å². The molecule has 6 heteroatoms. The second-order valence-electron chi connectivity index (χ2n) is 7.44. The van der Waals surface area contributed by atoms with Gasteiger partial charge in [0.05, 0.1) is 31.2 Å². The number of aryl methyl sites for hydroxylation is 1. The molecule has 0 spiro atoms. The van der Waals surface area contributed by atoms with E-state index in [2.05, 4.69) is 5.32 Å². The van der Waals surface area contributed by atoms with Gasteiger partial charge in [0, 0.05) is 5.56 Å². The van der Waals surface area contributed by atoms with Crippen molar-refractivity contribution < 1.29 is 19.1 Å². The van der Waals surface area contributed by atoms with Gasteiger partial charge in [-0.25, -0.2) is 4.90 Å². The van der Waals surface area contributed by atoms with Crippen LogP contribution in [-0.2, 0) is 9.59 Å². The molecule has 1 aliphatic rings. The van der Waals surface area contributed by atoms with E-state index in [1.54, 1.807) is 37.4 Å². The fourth-order valence-electron chi connectivity index (χ4n) is 3.83. The number of hydrogen-bond acceptors (Lipinski definition) is 5. The predicted octanol–water partition coefficient (Wildman–Crippen LogP) is 4.72. The number of nitrogens with zero attached hydrogens (tertiary/aromatic N) is 1. The number of carbonyl (C=O) groups excluding carboxylic acids is 2. The van der Waals surface area contributed by atoms with E-state index in [4.69, 9.17) is 9.47 Å². The van der Waals surface area contributed by atoms with Gasteiger partial charge in [0.2, 0.25) is 0 Å². The lowest BCUT2D eigenvalue weighted by molar-refractivity contribution is -0.120. The van der Waals surface area contributed by atoms with E-state index < -0.39 is 11.8 Å². The van der Waals surface area contributed by atoms with E-state index in [0.717, 1.165) is 11.1 Å². The summed E-state index contributed by atoms with van der Waals surface area (Å²) in [5, 5.41) is 3.16. The third-order valence-corrected chi connectivity index (χ3v) is 5.64. The van der Waals surface area contributed by atoms with Crippen LogP contribution in [0.4, 0.5) is 11.4 Å². The standard InChI is InChI=1S/C26H24N2O4/c1-16-10-9-13-20(17(16)2)28-25(29)23(18-11-5-7-14-21(18)31-3)24(26(28)30)27-19-12-6-8-15-22(19)32-4/h5-15,27H,1-4H3. The van der Waals surface area contributed by atoms with Crippen molar-refractivity contribution >= 4 is 28.8 Å². The highest BCUT2D eigenvalue weighted by Crippen LogP contribution is 2.39. The maximum absolute atomic E-state index is 13.7. The quantitative estimate of drug-likeness (QED) is 0.576. The van der Waals surface area contributed by atoms with Gasteiger partial charge in [-0.05, 0) is 49.2 Å². The molecule has 162 valence electrons. The van der Waals surface area contributed by atoms with Gasteiger partial charge in [-0.15, -0.1) is 0 Å². The van der Waals surface area contributed by atoms with Gasteiger partial charge in [-0.1, -0.05) is 42.5 Å². The average molecular weight is 428 g/mol. The zero-order valence-electron chi connectivity index (χ0n) is 18.4. The lowest BCUT2D eigenvalue weighted by Crippen LogP contribution is -2.33. The summed E-state index contributed by atoms with van der Waals surface area (Å²) in [6, 6.07) is 20.0. The molecule has 0 aliphatic carbocycles. The summed E-state index contributed by atoms with van der Waals surface area (Å²) in [4.78, 5) is 28.6. The van der Waals surface area contributed by atoms with Crippen molar-refractivity contribution in [1.29, 1.82) is 0 Å². The Balaban J connectivity index is 1.91. The van der Waals surface area contributed by atoms with Crippen LogP contribution in [0.1, 0.15) is 16.7 Å². The number of carbonyl (C=O) groups is 2. The maximum atomic E-state index is 13.7. The first-order valence-electron chi connectivity index (χ1n) is 10.2. The monoisotopic (exact) mass is 428 g/mol. The molecule has 0 unspecified atom stereocenters. The first-order chi connectivity index (χ1) is 15.5. The minimum atomic E-state index is -0.435. The molecule has 4 rings (SSSR count). The fraction of sp³-hybridized carbons (Fsp3) is 0.154. The van der Waals surface area contributed by atoms with Crippen LogP contribution in [0.3, 0.4) is 0 Å². The largest absolute Gasteiger partial charge is 0.496 e. The van der Waals surface area contributed by atoms with E-state index in [1.807, 2.05) is 50.2 Å². The predicted molar refractivity (Wildman–Crippen MR) is 125 cm³/mol. The molecule has 3 aromatic rings. The van der Waals surface area contributed by atoms with E-state index in [1.165, 1.54) is 12.0 Å². The van der Waals surface area contributed by atoms with E-state index in [9.17, 15) is 9.59 Å². The Bertz CT molecular complexity index is 1250. The van der Waals surface area contributed by atoms with Crippen LogP contribution in [0.5, 0.6) is 11.5 Å². The lowest BCUT2D eigenvalue weighted by Gasteiger charge is -2.19. The number of para-hydroxylation sites is 3. The summed E-state index contributed by atoms with van der Waals surface area (Å²) in [7, 11) is 3.09. The number of ether oxygens (including phenoxy) is 2. The highest BCUT2D eigenvalue weighted by Gasteiger charge is 2.42. The maximum Gasteiger partial charge on any atom is 0.282 e. The van der Waals surface area contributed by atoms with Gasteiger partial charge in [0.15, 0.2) is 0 Å². The second-order valence-corrected chi connectivity index (χ2v) is 7.44. The number of nitrogens with one attached hydrogen (secondary N) is 1. The van der Waals surface area contributed by atoms with Gasteiger partial charge in [0.1, 0.15) is 17.2 Å². The zero-order chi connectivity index (χ0) is 22.8. The third-order valence-electron chi connectivity index (χ3n) is 5.64. The van der Waals surface area contributed by atoms with Gasteiger partial charge in [0.25, 0.3) is 11.8 Å². The molecule has 3 aromatic carbocycles. The number of hydrogen-bond donors (Lipinski definition) is 1. The molecular weight excluding hydrogens is 404 g/mol. The van der Waals surface area contributed by atoms with Crippen molar-refractivity contribution in [2.24, 2.45) is 0 Å². The topological polar surface area (TPSA) is 67.9 Å². The number of anilines is 2. The summed E-state index contributed by atoms with van der Waals surface area (Å²) >= 11 is 0. The lowest BCUT2D eigenvalue weighted by atomic mass is 10.0. The Hall–Kier alpha value is -4.06. The summed E-state index contributed by atoms with van der Waals surface area (Å²) in [5.41, 5.74) is 3.97. The molecular formula is C26H24N2O4. The molecule has 0 saturated heterocycles. The van der Waals surface area contributed by atoms with Crippen LogP contribution in [-0.4, -0.2) is 26.0 Å². The van der Waals surface area contributed by atoms with Crippen LogP contribution < -0.4 is 19.7 Å². The molecule has 1 heterocycles. The smallest absolute Gasteiger partial charge is 0.282 e. The Morgan fingerprint density at radius 3 is 2.12 bits per heavy atom. The van der Waals surface area contributed by atoms with Crippen molar-refractivity contribution in [2.75, 3.05) is 24.4 Å². The van der Waals surface area contributed by atoms with Crippen molar-refractivity contribution in [3.8, 4) is 11.5 Å². The van der Waals surface area contributed by atoms with Crippen LogP contribution in [0.25, 0.3) is 5.57 Å². The molecule has 2 amide bonds. The Morgan fingerprint density at radius 2 is 1.41 bits per heavy atom. The number of amides is 2. The highest BCUT2D eigenvalue weighted by atomic mass is 16.5. The first-order valence-corrected chi connectivity index (χ1v) is 10.2. The minimum Gasteiger partial charge on any atom is -0.496 e. The van der Waals surface area contributed by atoms with Crippen molar-refractivity contribution in [2.45, 2.75) is 13.8 Å². The second kappa shape index (κ2) is 8.59. The zero-order valence-corrected chi connectivity index (χ0v) is 18.4. The number of methoxy groups -OCH3 is 2. The van der Waals surface area contributed by atoms with Gasteiger partial charge in [-0.3, -0.25) is 9.59 Å². The van der Waals surface area contributed by atoms with E-state index >= 15 is 0 Å².